The third kappa shape index (κ3) is 3.36. The monoisotopic (exact) mass is 288 g/mol. The first-order chi connectivity index (χ1) is 9.47. The number of hydrogen-bond donors (Lipinski definition) is 1. The van der Waals surface area contributed by atoms with Crippen LogP contribution in [0.1, 0.15) is 33.0 Å². The minimum absolute atomic E-state index is 0.202. The number of hydrogen-bond acceptors (Lipinski definition) is 4. The summed E-state index contributed by atoms with van der Waals surface area (Å²) in [6, 6.07) is 8.18. The van der Waals surface area contributed by atoms with Crippen molar-refractivity contribution in [2.45, 2.75) is 31.6 Å². The Morgan fingerprint density at radius 3 is 2.40 bits per heavy atom. The highest BCUT2D eigenvalue weighted by Gasteiger charge is 2.17. The van der Waals surface area contributed by atoms with Gasteiger partial charge in [0.05, 0.1) is 5.69 Å². The standard InChI is InChI=1S/C15H16N2O2S/c1-9-4-6-12(7-5-9)8-20-14-13(15(18)19)10(2)16-11(3)17-14/h4-7H,8H2,1-3H3,(H,18,19). The van der Waals surface area contributed by atoms with Crippen LogP contribution in [0.5, 0.6) is 0 Å². The second-order valence-electron chi connectivity index (χ2n) is 4.62. The Morgan fingerprint density at radius 2 is 1.80 bits per heavy atom. The van der Waals surface area contributed by atoms with Gasteiger partial charge in [0.25, 0.3) is 0 Å². The lowest BCUT2D eigenvalue weighted by Crippen LogP contribution is -2.08. The minimum Gasteiger partial charge on any atom is -0.478 e. The zero-order valence-electron chi connectivity index (χ0n) is 11.7. The topological polar surface area (TPSA) is 63.1 Å². The molecule has 0 amide bonds. The van der Waals surface area contributed by atoms with Gasteiger partial charge in [0.1, 0.15) is 16.4 Å². The van der Waals surface area contributed by atoms with E-state index in [-0.39, 0.29) is 5.56 Å². The van der Waals surface area contributed by atoms with Crippen LogP contribution in [0.3, 0.4) is 0 Å². The van der Waals surface area contributed by atoms with Gasteiger partial charge in [-0.2, -0.15) is 0 Å². The van der Waals surface area contributed by atoms with E-state index in [2.05, 4.69) is 9.97 Å². The average molecular weight is 288 g/mol. The van der Waals surface area contributed by atoms with E-state index >= 15 is 0 Å². The number of carboxylic acid groups (broad SMARTS) is 1. The first-order valence-electron chi connectivity index (χ1n) is 6.24. The van der Waals surface area contributed by atoms with E-state index in [1.165, 1.54) is 17.3 Å². The Bertz CT molecular complexity index is 639. The molecule has 104 valence electrons. The molecule has 0 aliphatic carbocycles. The fourth-order valence-electron chi connectivity index (χ4n) is 1.87. The van der Waals surface area contributed by atoms with Gasteiger partial charge < -0.3 is 5.11 Å². The van der Waals surface area contributed by atoms with E-state index in [1.54, 1.807) is 13.8 Å². The molecule has 0 bridgehead atoms. The number of rotatable bonds is 4. The first-order valence-corrected chi connectivity index (χ1v) is 7.23. The Balaban J connectivity index is 2.24. The summed E-state index contributed by atoms with van der Waals surface area (Å²) in [5.41, 5.74) is 3.06. The SMILES string of the molecule is Cc1ccc(CSc2nc(C)nc(C)c2C(=O)O)cc1. The molecule has 0 saturated carbocycles. The summed E-state index contributed by atoms with van der Waals surface area (Å²) in [5, 5.41) is 9.81. The number of carboxylic acids is 1. The summed E-state index contributed by atoms with van der Waals surface area (Å²) in [6.45, 7) is 5.51. The van der Waals surface area contributed by atoms with Crippen LogP contribution in [-0.2, 0) is 5.75 Å². The molecule has 2 aromatic rings. The van der Waals surface area contributed by atoms with E-state index < -0.39 is 5.97 Å². The molecule has 1 aromatic heterocycles. The van der Waals surface area contributed by atoms with Crippen LogP contribution in [-0.4, -0.2) is 21.0 Å². The summed E-state index contributed by atoms with van der Waals surface area (Å²) in [7, 11) is 0. The van der Waals surface area contributed by atoms with Gasteiger partial charge in [0, 0.05) is 5.75 Å². The van der Waals surface area contributed by atoms with Gasteiger partial charge in [-0.3, -0.25) is 0 Å². The van der Waals surface area contributed by atoms with Crippen LogP contribution >= 0.6 is 11.8 Å². The number of nitrogens with zero attached hydrogens (tertiary/aromatic N) is 2. The van der Waals surface area contributed by atoms with Crippen LogP contribution < -0.4 is 0 Å². The summed E-state index contributed by atoms with van der Waals surface area (Å²) in [4.78, 5) is 19.7. The molecule has 0 aliphatic heterocycles. The van der Waals surface area contributed by atoms with Crippen molar-refractivity contribution in [1.82, 2.24) is 9.97 Å². The van der Waals surface area contributed by atoms with Gasteiger partial charge in [0.15, 0.2) is 0 Å². The number of benzene rings is 1. The van der Waals surface area contributed by atoms with Crippen molar-refractivity contribution >= 4 is 17.7 Å². The van der Waals surface area contributed by atoms with Crippen molar-refractivity contribution in [3.8, 4) is 0 Å². The quantitative estimate of drug-likeness (QED) is 0.690. The lowest BCUT2D eigenvalue weighted by atomic mass is 10.2. The molecule has 0 saturated heterocycles. The van der Waals surface area contributed by atoms with Gasteiger partial charge >= 0.3 is 5.97 Å². The smallest absolute Gasteiger partial charge is 0.340 e. The van der Waals surface area contributed by atoms with Crippen LogP contribution in [0.4, 0.5) is 0 Å². The lowest BCUT2D eigenvalue weighted by Gasteiger charge is -2.08. The van der Waals surface area contributed by atoms with Crippen LogP contribution in [0.15, 0.2) is 29.3 Å². The van der Waals surface area contributed by atoms with E-state index in [0.29, 0.717) is 22.3 Å². The fourth-order valence-corrected chi connectivity index (χ4v) is 2.94. The predicted molar refractivity (Wildman–Crippen MR) is 79.2 cm³/mol. The molecule has 5 heteroatoms. The van der Waals surface area contributed by atoms with E-state index in [9.17, 15) is 9.90 Å². The van der Waals surface area contributed by atoms with Crippen LogP contribution in [0.2, 0.25) is 0 Å². The molecule has 2 rings (SSSR count). The average Bonchev–Trinajstić information content (AvgIpc) is 2.36. The largest absolute Gasteiger partial charge is 0.478 e. The van der Waals surface area contributed by atoms with Gasteiger partial charge in [-0.15, -0.1) is 11.8 Å². The maximum atomic E-state index is 11.3. The molecule has 1 N–H and O–H groups in total. The van der Waals surface area contributed by atoms with Gasteiger partial charge in [-0.25, -0.2) is 14.8 Å². The first kappa shape index (κ1) is 14.5. The van der Waals surface area contributed by atoms with E-state index in [0.717, 1.165) is 5.56 Å². The van der Waals surface area contributed by atoms with E-state index in [1.807, 2.05) is 31.2 Å². The number of aryl methyl sites for hydroxylation is 3. The summed E-state index contributed by atoms with van der Waals surface area (Å²) < 4.78 is 0. The minimum atomic E-state index is -0.978. The highest BCUT2D eigenvalue weighted by molar-refractivity contribution is 7.98. The molecule has 0 fully saturated rings. The molecule has 0 aliphatic rings. The van der Waals surface area contributed by atoms with Crippen LogP contribution in [0.25, 0.3) is 0 Å². The highest BCUT2D eigenvalue weighted by atomic mass is 32.2. The normalized spacial score (nSPS) is 10.6. The Kier molecular flexibility index (Phi) is 4.39. The van der Waals surface area contributed by atoms with Gasteiger partial charge in [0.2, 0.25) is 0 Å². The third-order valence-corrected chi connectivity index (χ3v) is 3.93. The highest BCUT2D eigenvalue weighted by Crippen LogP contribution is 2.26. The van der Waals surface area contributed by atoms with Crippen molar-refractivity contribution in [2.75, 3.05) is 0 Å². The molecular formula is C15H16N2O2S. The zero-order valence-corrected chi connectivity index (χ0v) is 12.5. The van der Waals surface area contributed by atoms with Crippen molar-refractivity contribution < 1.29 is 9.90 Å². The Labute approximate surface area is 122 Å². The Hall–Kier alpha value is -1.88. The maximum Gasteiger partial charge on any atom is 0.340 e. The van der Waals surface area contributed by atoms with Crippen molar-refractivity contribution in [3.63, 3.8) is 0 Å². The number of carbonyl (C=O) groups is 1. The molecule has 0 radical (unpaired) electrons. The lowest BCUT2D eigenvalue weighted by molar-refractivity contribution is 0.0690. The molecule has 0 spiro atoms. The van der Waals surface area contributed by atoms with Gasteiger partial charge in [-0.1, -0.05) is 29.8 Å². The summed E-state index contributed by atoms with van der Waals surface area (Å²) >= 11 is 1.43. The molecule has 20 heavy (non-hydrogen) atoms. The third-order valence-electron chi connectivity index (χ3n) is 2.88. The van der Waals surface area contributed by atoms with Crippen molar-refractivity contribution in [1.29, 1.82) is 0 Å². The molecule has 4 nitrogen and oxygen atoms in total. The molecule has 0 atom stereocenters. The van der Waals surface area contributed by atoms with E-state index in [4.69, 9.17) is 0 Å². The molecule has 1 heterocycles. The summed E-state index contributed by atoms with van der Waals surface area (Å²) in [5.74, 6) is 0.309. The molecular weight excluding hydrogens is 272 g/mol. The second-order valence-corrected chi connectivity index (χ2v) is 5.58. The zero-order chi connectivity index (χ0) is 14.7. The van der Waals surface area contributed by atoms with Crippen LogP contribution in [0, 0.1) is 20.8 Å². The summed E-state index contributed by atoms with van der Waals surface area (Å²) in [6.07, 6.45) is 0. The fraction of sp³-hybridized carbons (Fsp3) is 0.267. The van der Waals surface area contributed by atoms with Gasteiger partial charge in [-0.05, 0) is 26.3 Å². The maximum absolute atomic E-state index is 11.3. The van der Waals surface area contributed by atoms with Crippen molar-refractivity contribution in [3.05, 3.63) is 52.5 Å². The number of thioether (sulfide) groups is 1. The second kappa shape index (κ2) is 6.05. The number of aromatic carboxylic acids is 1. The predicted octanol–water partition coefficient (Wildman–Crippen LogP) is 3.39. The molecule has 0 unspecified atom stereocenters. The number of aromatic nitrogens is 2. The molecule has 1 aromatic carbocycles. The Morgan fingerprint density at radius 1 is 1.15 bits per heavy atom. The van der Waals surface area contributed by atoms with Crippen molar-refractivity contribution in [2.24, 2.45) is 0 Å².